The summed E-state index contributed by atoms with van der Waals surface area (Å²) in [6.07, 6.45) is 1.18. The number of thioether (sulfide) groups is 1. The summed E-state index contributed by atoms with van der Waals surface area (Å²) in [5.41, 5.74) is 0. The van der Waals surface area contributed by atoms with Crippen molar-refractivity contribution in [3.05, 3.63) is 11.7 Å². The fraction of sp³-hybridized carbons (Fsp3) is 0.727. The minimum Gasteiger partial charge on any atom is -0.466 e. The molecule has 0 radical (unpaired) electrons. The highest BCUT2D eigenvalue weighted by Gasteiger charge is 2.12. The highest BCUT2D eigenvalue weighted by Crippen LogP contribution is 2.19. The van der Waals surface area contributed by atoms with Crippen molar-refractivity contribution >= 4 is 17.7 Å². The Hall–Kier alpha value is -1.04. The molecule has 17 heavy (non-hydrogen) atoms. The zero-order chi connectivity index (χ0) is 12.7. The van der Waals surface area contributed by atoms with Crippen molar-refractivity contribution in [3.8, 4) is 0 Å². The largest absolute Gasteiger partial charge is 0.466 e. The van der Waals surface area contributed by atoms with Gasteiger partial charge in [0, 0.05) is 11.7 Å². The number of carbonyl (C=O) groups excluding carboxylic acids is 1. The molecule has 0 aromatic carbocycles. The smallest absolute Gasteiger partial charge is 0.306 e. The van der Waals surface area contributed by atoms with E-state index in [0.29, 0.717) is 24.7 Å². The van der Waals surface area contributed by atoms with E-state index in [4.69, 9.17) is 9.26 Å². The Kier molecular flexibility index (Phi) is 6.04. The van der Waals surface area contributed by atoms with E-state index in [1.807, 2.05) is 13.8 Å². The van der Waals surface area contributed by atoms with Gasteiger partial charge in [-0.3, -0.25) is 4.79 Å². The molecule has 1 heterocycles. The van der Waals surface area contributed by atoms with Gasteiger partial charge in [-0.15, -0.1) is 11.8 Å². The number of rotatable bonds is 7. The maximum atomic E-state index is 11.2. The van der Waals surface area contributed by atoms with Crippen LogP contribution in [0.5, 0.6) is 0 Å². The summed E-state index contributed by atoms with van der Waals surface area (Å²) in [6, 6.07) is 0. The molecule has 96 valence electrons. The van der Waals surface area contributed by atoms with E-state index in [9.17, 15) is 4.79 Å². The summed E-state index contributed by atoms with van der Waals surface area (Å²) in [6.45, 7) is 6.20. The summed E-state index contributed by atoms with van der Waals surface area (Å²) in [7, 11) is 0. The Morgan fingerprint density at radius 1 is 1.53 bits per heavy atom. The summed E-state index contributed by atoms with van der Waals surface area (Å²) in [5.74, 6) is 1.81. The molecule has 0 bridgehead atoms. The van der Waals surface area contributed by atoms with Crippen molar-refractivity contribution in [1.29, 1.82) is 0 Å². The molecule has 0 saturated heterocycles. The predicted octanol–water partition coefficient (Wildman–Crippen LogP) is 2.21. The zero-order valence-corrected chi connectivity index (χ0v) is 11.2. The van der Waals surface area contributed by atoms with Gasteiger partial charge in [0.15, 0.2) is 5.82 Å². The SMILES string of the molecule is CCOC(=O)CC(C)SCc1nc(CC)no1. The first-order chi connectivity index (χ1) is 8.15. The molecule has 0 aliphatic carbocycles. The Morgan fingerprint density at radius 3 is 2.88 bits per heavy atom. The van der Waals surface area contributed by atoms with Crippen LogP contribution in [-0.4, -0.2) is 28.0 Å². The van der Waals surface area contributed by atoms with Crippen LogP contribution in [0.15, 0.2) is 4.52 Å². The van der Waals surface area contributed by atoms with Gasteiger partial charge in [0.05, 0.1) is 18.8 Å². The summed E-state index contributed by atoms with van der Waals surface area (Å²) < 4.78 is 9.94. The van der Waals surface area contributed by atoms with Gasteiger partial charge in [0.2, 0.25) is 5.89 Å². The monoisotopic (exact) mass is 258 g/mol. The number of aryl methyl sites for hydroxylation is 1. The lowest BCUT2D eigenvalue weighted by molar-refractivity contribution is -0.142. The number of carbonyl (C=O) groups is 1. The van der Waals surface area contributed by atoms with E-state index in [2.05, 4.69) is 10.1 Å². The van der Waals surface area contributed by atoms with Crippen LogP contribution in [0, 0.1) is 0 Å². The lowest BCUT2D eigenvalue weighted by Crippen LogP contribution is -2.10. The third kappa shape index (κ3) is 5.21. The molecule has 0 fully saturated rings. The number of ether oxygens (including phenoxy) is 1. The second-order valence-electron chi connectivity index (χ2n) is 3.59. The van der Waals surface area contributed by atoms with Crippen LogP contribution in [0.25, 0.3) is 0 Å². The second-order valence-corrected chi connectivity index (χ2v) is 5.02. The maximum absolute atomic E-state index is 11.2. The van der Waals surface area contributed by atoms with Crippen molar-refractivity contribution in [1.82, 2.24) is 10.1 Å². The Bertz CT molecular complexity index is 354. The van der Waals surface area contributed by atoms with Crippen molar-refractivity contribution in [2.45, 2.75) is 44.6 Å². The van der Waals surface area contributed by atoms with Gasteiger partial charge in [0.1, 0.15) is 0 Å². The van der Waals surface area contributed by atoms with Crippen LogP contribution >= 0.6 is 11.8 Å². The Morgan fingerprint density at radius 2 is 2.29 bits per heavy atom. The number of nitrogens with zero attached hydrogens (tertiary/aromatic N) is 2. The number of hydrogen-bond donors (Lipinski definition) is 0. The first-order valence-electron chi connectivity index (χ1n) is 5.74. The van der Waals surface area contributed by atoms with Crippen LogP contribution in [0.2, 0.25) is 0 Å². The Balaban J connectivity index is 2.27. The maximum Gasteiger partial charge on any atom is 0.306 e. The average molecular weight is 258 g/mol. The summed E-state index contributed by atoms with van der Waals surface area (Å²) in [4.78, 5) is 15.4. The van der Waals surface area contributed by atoms with E-state index < -0.39 is 0 Å². The van der Waals surface area contributed by atoms with Crippen molar-refractivity contribution in [2.75, 3.05) is 6.61 Å². The molecule has 0 amide bonds. The molecule has 1 unspecified atom stereocenters. The third-order valence-electron chi connectivity index (χ3n) is 2.08. The number of aromatic nitrogens is 2. The van der Waals surface area contributed by atoms with Crippen molar-refractivity contribution < 1.29 is 14.1 Å². The van der Waals surface area contributed by atoms with Gasteiger partial charge >= 0.3 is 5.97 Å². The van der Waals surface area contributed by atoms with E-state index in [0.717, 1.165) is 12.2 Å². The summed E-state index contributed by atoms with van der Waals surface area (Å²) in [5, 5.41) is 4.00. The second kappa shape index (κ2) is 7.32. The first kappa shape index (κ1) is 14.0. The number of esters is 1. The molecular weight excluding hydrogens is 240 g/mol. The van der Waals surface area contributed by atoms with Gasteiger partial charge in [-0.1, -0.05) is 19.0 Å². The van der Waals surface area contributed by atoms with Crippen molar-refractivity contribution in [3.63, 3.8) is 0 Å². The summed E-state index contributed by atoms with van der Waals surface area (Å²) >= 11 is 1.61. The molecule has 1 aromatic heterocycles. The lowest BCUT2D eigenvalue weighted by atomic mass is 10.3. The molecule has 0 aliphatic rings. The molecular formula is C11H18N2O3S. The molecule has 0 aliphatic heterocycles. The van der Waals surface area contributed by atoms with Crippen LogP contribution < -0.4 is 0 Å². The van der Waals surface area contributed by atoms with E-state index >= 15 is 0 Å². The molecule has 0 N–H and O–H groups in total. The minimum absolute atomic E-state index is 0.160. The van der Waals surface area contributed by atoms with Gasteiger partial charge < -0.3 is 9.26 Å². The molecule has 1 rings (SSSR count). The van der Waals surface area contributed by atoms with E-state index in [1.54, 1.807) is 18.7 Å². The van der Waals surface area contributed by atoms with Gasteiger partial charge in [-0.05, 0) is 6.92 Å². The highest BCUT2D eigenvalue weighted by atomic mass is 32.2. The molecule has 1 atom stereocenters. The number of hydrogen-bond acceptors (Lipinski definition) is 6. The Labute approximate surface area is 105 Å². The molecule has 0 saturated carbocycles. The normalized spacial score (nSPS) is 12.4. The quantitative estimate of drug-likeness (QED) is 0.699. The van der Waals surface area contributed by atoms with Crippen LogP contribution in [0.1, 0.15) is 38.9 Å². The molecule has 0 spiro atoms. The molecule has 5 nitrogen and oxygen atoms in total. The fourth-order valence-electron chi connectivity index (χ4n) is 1.22. The van der Waals surface area contributed by atoms with Gasteiger partial charge in [-0.25, -0.2) is 0 Å². The molecule has 6 heteroatoms. The average Bonchev–Trinajstić information content (AvgIpc) is 2.74. The minimum atomic E-state index is -0.160. The van der Waals surface area contributed by atoms with E-state index in [-0.39, 0.29) is 11.2 Å². The first-order valence-corrected chi connectivity index (χ1v) is 6.79. The van der Waals surface area contributed by atoms with Crippen LogP contribution in [0.3, 0.4) is 0 Å². The van der Waals surface area contributed by atoms with Crippen LogP contribution in [0.4, 0.5) is 0 Å². The third-order valence-corrected chi connectivity index (χ3v) is 3.23. The van der Waals surface area contributed by atoms with Crippen LogP contribution in [-0.2, 0) is 21.7 Å². The van der Waals surface area contributed by atoms with Crippen molar-refractivity contribution in [2.24, 2.45) is 0 Å². The van der Waals surface area contributed by atoms with Gasteiger partial charge in [0.25, 0.3) is 0 Å². The van der Waals surface area contributed by atoms with Gasteiger partial charge in [-0.2, -0.15) is 4.98 Å². The van der Waals surface area contributed by atoms with E-state index in [1.165, 1.54) is 0 Å². The lowest BCUT2D eigenvalue weighted by Gasteiger charge is -2.08. The fourth-order valence-corrected chi connectivity index (χ4v) is 2.02. The standard InChI is InChI=1S/C11H18N2O3S/c1-4-9-12-10(16-13-9)7-17-8(3)6-11(14)15-5-2/h8H,4-7H2,1-3H3. The zero-order valence-electron chi connectivity index (χ0n) is 10.4. The predicted molar refractivity (Wildman–Crippen MR) is 65.7 cm³/mol. The highest BCUT2D eigenvalue weighted by molar-refractivity contribution is 7.99. The molecule has 1 aromatic rings. The topological polar surface area (TPSA) is 65.2 Å².